The predicted octanol–water partition coefficient (Wildman–Crippen LogP) is 5.15. The minimum absolute atomic E-state index is 0.0445. The van der Waals surface area contributed by atoms with Crippen LogP contribution in [0, 0.1) is 6.92 Å². The zero-order valence-electron chi connectivity index (χ0n) is 18.8. The molecule has 1 fully saturated rings. The van der Waals surface area contributed by atoms with Gasteiger partial charge in [-0.3, -0.25) is 14.9 Å². The van der Waals surface area contributed by atoms with Gasteiger partial charge in [0.15, 0.2) is 0 Å². The average Bonchev–Trinajstić information content (AvgIpc) is 2.69. The van der Waals surface area contributed by atoms with Gasteiger partial charge >= 0.3 is 6.03 Å². The van der Waals surface area contributed by atoms with Crippen molar-refractivity contribution < 1.29 is 14.4 Å². The van der Waals surface area contributed by atoms with Crippen LogP contribution in [0.1, 0.15) is 49.8 Å². The predicted molar refractivity (Wildman–Crippen MR) is 130 cm³/mol. The number of anilines is 2. The maximum absolute atomic E-state index is 13.2. The number of carbonyl (C=O) groups excluding carboxylic acids is 3. The van der Waals surface area contributed by atoms with E-state index in [-0.39, 0.29) is 11.1 Å². The van der Waals surface area contributed by atoms with Crippen molar-refractivity contribution in [1.29, 1.82) is 0 Å². The van der Waals surface area contributed by atoms with Crippen LogP contribution < -0.4 is 15.1 Å². The molecular weight excluding hydrogens is 470 g/mol. The summed E-state index contributed by atoms with van der Waals surface area (Å²) in [5.41, 5.74) is 4.48. The molecule has 7 heteroatoms. The first kappa shape index (κ1) is 22.3. The smallest absolute Gasteiger partial charge is 0.335 e. The van der Waals surface area contributed by atoms with Gasteiger partial charge in [-0.1, -0.05) is 28.9 Å². The Kier molecular flexibility index (Phi) is 5.49. The van der Waals surface area contributed by atoms with Crippen molar-refractivity contribution in [2.45, 2.75) is 45.6 Å². The molecule has 166 valence electrons. The van der Waals surface area contributed by atoms with Crippen LogP contribution in [0.25, 0.3) is 6.08 Å². The molecule has 1 N–H and O–H groups in total. The number of rotatable bonds is 2. The van der Waals surface area contributed by atoms with Crippen molar-refractivity contribution in [3.8, 4) is 0 Å². The Labute approximate surface area is 196 Å². The molecule has 2 aromatic rings. The molecule has 2 aromatic carbocycles. The van der Waals surface area contributed by atoms with Gasteiger partial charge in [-0.25, -0.2) is 9.69 Å². The number of urea groups is 1. The molecule has 2 aliphatic rings. The van der Waals surface area contributed by atoms with Crippen LogP contribution in [0.15, 0.2) is 46.4 Å². The summed E-state index contributed by atoms with van der Waals surface area (Å²) in [4.78, 5) is 41.5. The standard InChI is InChI=1S/C25H26BrN3O3/c1-14-9-21-19(15(2)13-25(3,4)28(21)5)10-16(14)11-20-22(30)27-24(32)29(23(20)31)18-8-6-7-17(26)12-18/h6-12,15H,13H2,1-5H3,(H,27,30,32)/b20-11+. The Balaban J connectivity index is 1.78. The molecule has 4 rings (SSSR count). The number of amides is 4. The lowest BCUT2D eigenvalue weighted by Gasteiger charge is -2.45. The monoisotopic (exact) mass is 495 g/mol. The highest BCUT2D eigenvalue weighted by Gasteiger charge is 2.38. The second kappa shape index (κ2) is 7.89. The lowest BCUT2D eigenvalue weighted by atomic mass is 9.79. The lowest BCUT2D eigenvalue weighted by Crippen LogP contribution is -2.54. The number of nitrogens with one attached hydrogen (secondary N) is 1. The van der Waals surface area contributed by atoms with E-state index in [1.54, 1.807) is 30.3 Å². The summed E-state index contributed by atoms with van der Waals surface area (Å²) in [5, 5.41) is 2.29. The number of hydrogen-bond acceptors (Lipinski definition) is 4. The molecule has 1 atom stereocenters. The van der Waals surface area contributed by atoms with Crippen molar-refractivity contribution in [2.75, 3.05) is 16.8 Å². The van der Waals surface area contributed by atoms with Gasteiger partial charge in [0.25, 0.3) is 11.8 Å². The third-order valence-corrected chi connectivity index (χ3v) is 6.98. The highest BCUT2D eigenvalue weighted by molar-refractivity contribution is 9.10. The number of halogens is 1. The SMILES string of the molecule is Cc1cc2c(cc1/C=C1\C(=O)NC(=O)N(c3cccc(Br)c3)C1=O)C(C)CC(C)(C)N2C. The molecule has 2 aliphatic heterocycles. The van der Waals surface area contributed by atoms with E-state index in [1.165, 1.54) is 11.3 Å². The van der Waals surface area contributed by atoms with Crippen LogP contribution in [-0.2, 0) is 9.59 Å². The average molecular weight is 496 g/mol. The maximum Gasteiger partial charge on any atom is 0.335 e. The Bertz CT molecular complexity index is 1180. The van der Waals surface area contributed by atoms with Crippen molar-refractivity contribution in [3.05, 3.63) is 63.1 Å². The van der Waals surface area contributed by atoms with Gasteiger partial charge in [-0.05, 0) is 86.2 Å². The first-order valence-electron chi connectivity index (χ1n) is 10.5. The van der Waals surface area contributed by atoms with Crippen LogP contribution in [0.2, 0.25) is 0 Å². The molecule has 0 radical (unpaired) electrons. The van der Waals surface area contributed by atoms with Gasteiger partial charge in [0.1, 0.15) is 5.57 Å². The van der Waals surface area contributed by atoms with Crippen LogP contribution in [0.3, 0.4) is 0 Å². The Hall–Kier alpha value is -2.93. The molecule has 0 aromatic heterocycles. The fourth-order valence-electron chi connectivity index (χ4n) is 4.55. The van der Waals surface area contributed by atoms with Gasteiger partial charge in [0.05, 0.1) is 5.69 Å². The van der Waals surface area contributed by atoms with Crippen LogP contribution in [0.4, 0.5) is 16.2 Å². The molecule has 0 spiro atoms. The number of hydrogen-bond donors (Lipinski definition) is 1. The molecular formula is C25H26BrN3O3. The van der Waals surface area contributed by atoms with Gasteiger partial charge in [0.2, 0.25) is 0 Å². The quantitative estimate of drug-likeness (QED) is 0.462. The van der Waals surface area contributed by atoms with Crippen LogP contribution >= 0.6 is 15.9 Å². The van der Waals surface area contributed by atoms with E-state index in [9.17, 15) is 14.4 Å². The molecule has 4 amide bonds. The zero-order chi connectivity index (χ0) is 23.4. The number of imide groups is 2. The third-order valence-electron chi connectivity index (χ3n) is 6.49. The molecule has 0 saturated carbocycles. The van der Waals surface area contributed by atoms with E-state index in [0.29, 0.717) is 11.6 Å². The summed E-state index contributed by atoms with van der Waals surface area (Å²) in [5.74, 6) is -0.987. The Morgan fingerprint density at radius 2 is 1.88 bits per heavy atom. The van der Waals surface area contributed by atoms with Gasteiger partial charge in [-0.2, -0.15) is 0 Å². The highest BCUT2D eigenvalue weighted by Crippen LogP contribution is 2.43. The summed E-state index contributed by atoms with van der Waals surface area (Å²) in [6, 6.07) is 10.3. The number of nitrogens with zero attached hydrogens (tertiary/aromatic N) is 2. The first-order valence-corrected chi connectivity index (χ1v) is 11.3. The topological polar surface area (TPSA) is 69.7 Å². The fourth-order valence-corrected chi connectivity index (χ4v) is 4.94. The minimum Gasteiger partial charge on any atom is -0.369 e. The van der Waals surface area contributed by atoms with Crippen molar-refractivity contribution in [2.24, 2.45) is 0 Å². The van der Waals surface area contributed by atoms with E-state index in [1.807, 2.05) is 6.92 Å². The van der Waals surface area contributed by atoms with E-state index in [4.69, 9.17) is 0 Å². The highest BCUT2D eigenvalue weighted by atomic mass is 79.9. The summed E-state index contributed by atoms with van der Waals surface area (Å²) < 4.78 is 0.726. The minimum atomic E-state index is -0.755. The number of carbonyl (C=O) groups is 3. The molecule has 1 saturated heterocycles. The second-order valence-electron chi connectivity index (χ2n) is 9.18. The van der Waals surface area contributed by atoms with E-state index in [0.717, 1.165) is 26.9 Å². The third kappa shape index (κ3) is 3.75. The van der Waals surface area contributed by atoms with Crippen molar-refractivity contribution in [1.82, 2.24) is 5.32 Å². The summed E-state index contributed by atoms with van der Waals surface area (Å²) in [7, 11) is 2.10. The summed E-state index contributed by atoms with van der Waals surface area (Å²) in [6.07, 6.45) is 2.59. The summed E-state index contributed by atoms with van der Waals surface area (Å²) in [6.45, 7) is 8.63. The van der Waals surface area contributed by atoms with Gasteiger partial charge < -0.3 is 4.90 Å². The van der Waals surface area contributed by atoms with Crippen LogP contribution in [-0.4, -0.2) is 30.4 Å². The summed E-state index contributed by atoms with van der Waals surface area (Å²) >= 11 is 3.36. The molecule has 1 unspecified atom stereocenters. The molecule has 32 heavy (non-hydrogen) atoms. The first-order chi connectivity index (χ1) is 15.0. The Morgan fingerprint density at radius 1 is 1.16 bits per heavy atom. The van der Waals surface area contributed by atoms with E-state index >= 15 is 0 Å². The maximum atomic E-state index is 13.2. The fraction of sp³-hybridized carbons (Fsp3) is 0.320. The number of barbiturate groups is 1. The Morgan fingerprint density at radius 3 is 2.56 bits per heavy atom. The second-order valence-corrected chi connectivity index (χ2v) is 10.1. The lowest BCUT2D eigenvalue weighted by molar-refractivity contribution is -0.122. The zero-order valence-corrected chi connectivity index (χ0v) is 20.4. The largest absolute Gasteiger partial charge is 0.369 e. The van der Waals surface area contributed by atoms with E-state index in [2.05, 4.69) is 66.1 Å². The van der Waals surface area contributed by atoms with Crippen LogP contribution in [0.5, 0.6) is 0 Å². The van der Waals surface area contributed by atoms with E-state index < -0.39 is 17.8 Å². The van der Waals surface area contributed by atoms with Gasteiger partial charge in [0, 0.05) is 22.7 Å². The van der Waals surface area contributed by atoms with Crippen molar-refractivity contribution in [3.63, 3.8) is 0 Å². The molecule has 0 bridgehead atoms. The molecule has 2 heterocycles. The number of benzene rings is 2. The number of fused-ring (bicyclic) bond motifs is 1. The molecule has 6 nitrogen and oxygen atoms in total. The van der Waals surface area contributed by atoms with Crippen molar-refractivity contribution >= 4 is 51.2 Å². The normalized spacial score (nSPS) is 21.6. The molecule has 0 aliphatic carbocycles. The van der Waals surface area contributed by atoms with Gasteiger partial charge in [-0.15, -0.1) is 0 Å². The number of aryl methyl sites for hydroxylation is 1.